The van der Waals surface area contributed by atoms with Gasteiger partial charge in [0.15, 0.2) is 0 Å². The first-order valence-electron chi connectivity index (χ1n) is 13.9. The van der Waals surface area contributed by atoms with Crippen molar-refractivity contribution in [2.24, 2.45) is 0 Å². The number of aromatic amines is 1. The zero-order chi connectivity index (χ0) is 27.5. The fourth-order valence-electron chi connectivity index (χ4n) is 5.88. The van der Waals surface area contributed by atoms with E-state index in [2.05, 4.69) is 45.7 Å². The van der Waals surface area contributed by atoms with Crippen LogP contribution in [0.1, 0.15) is 26.7 Å². The number of piperazine rings is 1. The number of hydrogen-bond donors (Lipinski definition) is 2. The van der Waals surface area contributed by atoms with Crippen molar-refractivity contribution in [1.82, 2.24) is 19.7 Å². The van der Waals surface area contributed by atoms with Crippen LogP contribution in [0.2, 0.25) is 0 Å². The third kappa shape index (κ3) is 6.17. The molecule has 2 saturated heterocycles. The van der Waals surface area contributed by atoms with Crippen molar-refractivity contribution in [1.29, 1.82) is 0 Å². The number of rotatable bonds is 8. The highest BCUT2D eigenvalue weighted by Gasteiger charge is 2.29. The van der Waals surface area contributed by atoms with Crippen molar-refractivity contribution in [3.63, 3.8) is 0 Å². The molecule has 208 valence electrons. The molecular formula is C29H38N6O4. The maximum Gasteiger partial charge on any atom is 0.407 e. The summed E-state index contributed by atoms with van der Waals surface area (Å²) in [4.78, 5) is 35.1. The predicted molar refractivity (Wildman–Crippen MR) is 154 cm³/mol. The fourth-order valence-corrected chi connectivity index (χ4v) is 5.88. The van der Waals surface area contributed by atoms with Gasteiger partial charge < -0.3 is 19.9 Å². The van der Waals surface area contributed by atoms with Gasteiger partial charge in [-0.1, -0.05) is 12.1 Å². The molecule has 0 saturated carbocycles. The van der Waals surface area contributed by atoms with Crippen LogP contribution in [0.3, 0.4) is 0 Å². The summed E-state index contributed by atoms with van der Waals surface area (Å²) >= 11 is 0. The number of piperidine rings is 1. The molecule has 0 spiro atoms. The van der Waals surface area contributed by atoms with Gasteiger partial charge in [0.1, 0.15) is 0 Å². The SMILES string of the molecule is CC(C)N1CCN(CCN(C(=O)O)C2CCN(c3cccc(-c4cc5cc([N+](=O)[O-])ccc5[nH]4)c3)CC2)CC1. The van der Waals surface area contributed by atoms with E-state index in [-0.39, 0.29) is 16.7 Å². The van der Waals surface area contributed by atoms with Crippen LogP contribution in [0.15, 0.2) is 48.5 Å². The lowest BCUT2D eigenvalue weighted by Crippen LogP contribution is -2.53. The van der Waals surface area contributed by atoms with E-state index in [1.54, 1.807) is 17.0 Å². The molecule has 2 aliphatic rings. The summed E-state index contributed by atoms with van der Waals surface area (Å²) in [6.45, 7) is 11.4. The minimum Gasteiger partial charge on any atom is -0.465 e. The summed E-state index contributed by atoms with van der Waals surface area (Å²) in [6.07, 6.45) is 0.775. The predicted octanol–water partition coefficient (Wildman–Crippen LogP) is 4.72. The molecule has 2 aromatic carbocycles. The van der Waals surface area contributed by atoms with E-state index in [0.29, 0.717) is 12.6 Å². The number of fused-ring (bicyclic) bond motifs is 1. The average Bonchev–Trinajstić information content (AvgIpc) is 3.37. The average molecular weight is 535 g/mol. The molecule has 0 atom stereocenters. The van der Waals surface area contributed by atoms with Crippen LogP contribution in [-0.4, -0.2) is 100 Å². The first-order chi connectivity index (χ1) is 18.8. The number of nitro groups is 1. The number of carbonyl (C=O) groups is 1. The summed E-state index contributed by atoms with van der Waals surface area (Å²) in [6, 6.07) is 15.6. The van der Waals surface area contributed by atoms with Crippen LogP contribution < -0.4 is 4.90 Å². The molecule has 1 amide bonds. The van der Waals surface area contributed by atoms with E-state index in [9.17, 15) is 20.0 Å². The number of non-ortho nitro benzene ring substituents is 1. The molecule has 0 radical (unpaired) electrons. The van der Waals surface area contributed by atoms with Crippen LogP contribution in [0, 0.1) is 10.1 Å². The third-order valence-corrected chi connectivity index (χ3v) is 8.28. The van der Waals surface area contributed by atoms with Crippen molar-refractivity contribution in [3.05, 3.63) is 58.6 Å². The molecule has 0 unspecified atom stereocenters. The number of benzene rings is 2. The van der Waals surface area contributed by atoms with E-state index in [1.807, 2.05) is 18.2 Å². The number of anilines is 1. The van der Waals surface area contributed by atoms with Gasteiger partial charge in [0, 0.05) is 98.9 Å². The number of nitrogens with zero attached hydrogens (tertiary/aromatic N) is 5. The van der Waals surface area contributed by atoms with Crippen LogP contribution in [0.5, 0.6) is 0 Å². The van der Waals surface area contributed by atoms with Crippen molar-refractivity contribution < 1.29 is 14.8 Å². The zero-order valence-electron chi connectivity index (χ0n) is 22.8. The Morgan fingerprint density at radius 3 is 2.49 bits per heavy atom. The van der Waals surface area contributed by atoms with Crippen molar-refractivity contribution in [2.75, 3.05) is 57.3 Å². The van der Waals surface area contributed by atoms with Gasteiger partial charge in [0.2, 0.25) is 0 Å². The van der Waals surface area contributed by atoms with E-state index < -0.39 is 6.09 Å². The normalized spacial score (nSPS) is 17.7. The minimum absolute atomic E-state index is 0.0309. The van der Waals surface area contributed by atoms with Crippen molar-refractivity contribution >= 4 is 28.4 Å². The monoisotopic (exact) mass is 534 g/mol. The topological polar surface area (TPSA) is 109 Å². The second-order valence-corrected chi connectivity index (χ2v) is 10.9. The Bertz CT molecular complexity index is 1310. The number of nitro benzene ring substituents is 1. The lowest BCUT2D eigenvalue weighted by atomic mass is 10.0. The number of nitrogens with one attached hydrogen (secondary N) is 1. The zero-order valence-corrected chi connectivity index (χ0v) is 22.8. The molecule has 10 nitrogen and oxygen atoms in total. The Morgan fingerprint density at radius 2 is 1.82 bits per heavy atom. The number of H-pyrrole nitrogens is 1. The summed E-state index contributed by atoms with van der Waals surface area (Å²) in [5.41, 5.74) is 3.96. The maximum absolute atomic E-state index is 12.1. The van der Waals surface area contributed by atoms with Crippen LogP contribution in [0.4, 0.5) is 16.2 Å². The molecule has 5 rings (SSSR count). The van der Waals surface area contributed by atoms with Crippen molar-refractivity contribution in [2.45, 2.75) is 38.8 Å². The second-order valence-electron chi connectivity index (χ2n) is 10.9. The first kappa shape index (κ1) is 27.0. The molecule has 2 fully saturated rings. The lowest BCUT2D eigenvalue weighted by molar-refractivity contribution is -0.384. The quantitative estimate of drug-likeness (QED) is 0.318. The van der Waals surface area contributed by atoms with E-state index >= 15 is 0 Å². The minimum atomic E-state index is -0.824. The molecule has 2 N–H and O–H groups in total. The number of carboxylic acid groups (broad SMARTS) is 1. The molecule has 3 aromatic rings. The summed E-state index contributed by atoms with van der Waals surface area (Å²) < 4.78 is 0. The highest BCUT2D eigenvalue weighted by Crippen LogP contribution is 2.30. The Labute approximate surface area is 228 Å². The van der Waals surface area contributed by atoms with Gasteiger partial charge in [0.05, 0.1) is 4.92 Å². The number of hydrogen-bond acceptors (Lipinski definition) is 6. The largest absolute Gasteiger partial charge is 0.465 e. The van der Waals surface area contributed by atoms with E-state index in [0.717, 1.165) is 86.5 Å². The molecule has 10 heteroatoms. The smallest absolute Gasteiger partial charge is 0.407 e. The van der Waals surface area contributed by atoms with Gasteiger partial charge in [-0.25, -0.2) is 4.79 Å². The van der Waals surface area contributed by atoms with Crippen molar-refractivity contribution in [3.8, 4) is 11.3 Å². The Hall–Kier alpha value is -3.63. The maximum atomic E-state index is 12.1. The molecule has 0 aliphatic carbocycles. The number of aromatic nitrogens is 1. The Morgan fingerprint density at radius 1 is 1.08 bits per heavy atom. The molecule has 0 bridgehead atoms. The van der Waals surface area contributed by atoms with Crippen LogP contribution in [0.25, 0.3) is 22.2 Å². The van der Waals surface area contributed by atoms with Gasteiger partial charge in [-0.05, 0) is 56.5 Å². The van der Waals surface area contributed by atoms with Crippen LogP contribution in [-0.2, 0) is 0 Å². The molecule has 1 aromatic heterocycles. The highest BCUT2D eigenvalue weighted by atomic mass is 16.6. The lowest BCUT2D eigenvalue weighted by Gasteiger charge is -2.40. The second kappa shape index (κ2) is 11.6. The molecular weight excluding hydrogens is 496 g/mol. The summed E-state index contributed by atoms with van der Waals surface area (Å²) in [5, 5.41) is 21.9. The van der Waals surface area contributed by atoms with E-state index in [4.69, 9.17) is 0 Å². The van der Waals surface area contributed by atoms with Gasteiger partial charge >= 0.3 is 6.09 Å². The van der Waals surface area contributed by atoms with Gasteiger partial charge in [-0.2, -0.15) is 0 Å². The Balaban J connectivity index is 1.19. The van der Waals surface area contributed by atoms with Gasteiger partial charge in [0.25, 0.3) is 5.69 Å². The number of amides is 1. The third-order valence-electron chi connectivity index (χ3n) is 8.28. The van der Waals surface area contributed by atoms with Crippen LogP contribution >= 0.6 is 0 Å². The Kier molecular flexibility index (Phi) is 8.04. The first-order valence-corrected chi connectivity index (χ1v) is 13.9. The standard InChI is InChI=1S/C29H38N6O4/c1-21(2)32-15-12-31(13-16-32)14-17-34(29(36)37)24-8-10-33(11-9-24)25-5-3-4-22(18-25)28-20-23-19-26(35(38)39)6-7-27(23)30-28/h3-7,18-21,24,30H,8-17H2,1-2H3,(H,36,37). The fraction of sp³-hybridized carbons (Fsp3) is 0.483. The molecule has 3 heterocycles. The molecule has 2 aliphatic heterocycles. The summed E-state index contributed by atoms with van der Waals surface area (Å²) in [7, 11) is 0. The van der Waals surface area contributed by atoms with Gasteiger partial charge in [-0.15, -0.1) is 0 Å². The molecule has 39 heavy (non-hydrogen) atoms. The van der Waals surface area contributed by atoms with Gasteiger partial charge in [-0.3, -0.25) is 19.9 Å². The highest BCUT2D eigenvalue weighted by molar-refractivity contribution is 5.88. The van der Waals surface area contributed by atoms with E-state index in [1.165, 1.54) is 6.07 Å². The summed E-state index contributed by atoms with van der Waals surface area (Å²) in [5.74, 6) is 0.